The Labute approximate surface area is 186 Å². The Morgan fingerprint density at radius 1 is 1.19 bits per heavy atom. The van der Waals surface area contributed by atoms with Crippen molar-refractivity contribution in [1.82, 2.24) is 9.80 Å². The van der Waals surface area contributed by atoms with Gasteiger partial charge in [0.2, 0.25) is 5.91 Å². The second-order valence-electron chi connectivity index (χ2n) is 8.38. The molecular formula is C24H34N2O4S. The molecule has 0 saturated carbocycles. The number of carbonyl (C=O) groups excluding carboxylic acids is 1. The van der Waals surface area contributed by atoms with Crippen molar-refractivity contribution in [3.63, 3.8) is 0 Å². The fourth-order valence-electron chi connectivity index (χ4n) is 4.26. The summed E-state index contributed by atoms with van der Waals surface area (Å²) in [6.45, 7) is 7.60. The number of likely N-dealkylation sites (N-methyl/N-ethyl adjacent to an activating group) is 2. The first-order valence-electron chi connectivity index (χ1n) is 11.1. The molecule has 1 heterocycles. The van der Waals surface area contributed by atoms with Gasteiger partial charge in [0.25, 0.3) is 0 Å². The smallest absolute Gasteiger partial charge is 0.239 e. The lowest BCUT2D eigenvalue weighted by molar-refractivity contribution is -0.137. The Morgan fingerprint density at radius 2 is 1.94 bits per heavy atom. The molecule has 0 N–H and O–H groups in total. The van der Waals surface area contributed by atoms with Crippen LogP contribution in [-0.2, 0) is 21.2 Å². The minimum atomic E-state index is -3.04. The predicted octanol–water partition coefficient (Wildman–Crippen LogP) is 3.48. The first kappa shape index (κ1) is 23.5. The predicted molar refractivity (Wildman–Crippen MR) is 125 cm³/mol. The number of ether oxygens (including phenoxy) is 1. The van der Waals surface area contributed by atoms with Gasteiger partial charge in [0.15, 0.2) is 9.84 Å². The van der Waals surface area contributed by atoms with Crippen LogP contribution in [0, 0.1) is 0 Å². The third-order valence-electron chi connectivity index (χ3n) is 6.16. The SMILES string of the molecule is CCCOc1ccc2ccccc2c1CN(C)C(C)C(=O)N(CC)C1CCS(=O)(=O)C1. The van der Waals surface area contributed by atoms with Crippen LogP contribution in [0.2, 0.25) is 0 Å². The molecule has 2 aromatic rings. The van der Waals surface area contributed by atoms with Crippen LogP contribution in [0.4, 0.5) is 0 Å². The third-order valence-corrected chi connectivity index (χ3v) is 7.91. The van der Waals surface area contributed by atoms with Crippen LogP contribution >= 0.6 is 0 Å². The molecule has 2 aromatic carbocycles. The van der Waals surface area contributed by atoms with Crippen LogP contribution in [0.5, 0.6) is 5.75 Å². The van der Waals surface area contributed by atoms with Gasteiger partial charge in [-0.15, -0.1) is 0 Å². The zero-order valence-electron chi connectivity index (χ0n) is 19.0. The number of nitrogens with zero attached hydrogens (tertiary/aromatic N) is 2. The highest BCUT2D eigenvalue weighted by molar-refractivity contribution is 7.91. The Bertz CT molecular complexity index is 1020. The Hall–Kier alpha value is -2.12. The number of hydrogen-bond donors (Lipinski definition) is 0. The van der Waals surface area contributed by atoms with Crippen molar-refractivity contribution in [1.29, 1.82) is 0 Å². The van der Waals surface area contributed by atoms with Crippen molar-refractivity contribution in [3.8, 4) is 5.75 Å². The van der Waals surface area contributed by atoms with Gasteiger partial charge in [0.05, 0.1) is 24.2 Å². The van der Waals surface area contributed by atoms with E-state index in [0.717, 1.165) is 28.5 Å². The molecule has 170 valence electrons. The van der Waals surface area contributed by atoms with Crippen LogP contribution in [0.3, 0.4) is 0 Å². The van der Waals surface area contributed by atoms with E-state index in [1.807, 2.05) is 44.0 Å². The van der Waals surface area contributed by atoms with Crippen LogP contribution < -0.4 is 4.74 Å². The zero-order valence-corrected chi connectivity index (χ0v) is 19.8. The average Bonchev–Trinajstić information content (AvgIpc) is 3.12. The summed E-state index contributed by atoms with van der Waals surface area (Å²) in [6.07, 6.45) is 1.45. The third kappa shape index (κ3) is 5.39. The number of hydrogen-bond acceptors (Lipinski definition) is 5. The standard InChI is InChI=1S/C24H34N2O4S/c1-5-14-30-23-12-11-19-9-7-8-10-21(19)22(23)16-25(4)18(3)24(27)26(6-2)20-13-15-31(28,29)17-20/h7-12,18,20H,5-6,13-17H2,1-4H3. The quantitative estimate of drug-likeness (QED) is 0.590. The number of amides is 1. The fraction of sp³-hybridized carbons (Fsp3) is 0.542. The van der Waals surface area contributed by atoms with Crippen LogP contribution in [-0.4, -0.2) is 67.9 Å². The molecule has 0 aromatic heterocycles. The highest BCUT2D eigenvalue weighted by Gasteiger charge is 2.36. The molecule has 2 unspecified atom stereocenters. The molecule has 0 bridgehead atoms. The summed E-state index contributed by atoms with van der Waals surface area (Å²) >= 11 is 0. The molecular weight excluding hydrogens is 412 g/mol. The molecule has 2 atom stereocenters. The largest absolute Gasteiger partial charge is 0.493 e. The number of sulfone groups is 1. The Morgan fingerprint density at radius 3 is 2.58 bits per heavy atom. The van der Waals surface area contributed by atoms with E-state index in [0.29, 0.717) is 26.1 Å². The van der Waals surface area contributed by atoms with Gasteiger partial charge in [-0.1, -0.05) is 37.3 Å². The van der Waals surface area contributed by atoms with Gasteiger partial charge in [-0.25, -0.2) is 8.42 Å². The topological polar surface area (TPSA) is 66.9 Å². The maximum atomic E-state index is 13.3. The first-order chi connectivity index (χ1) is 14.8. The van der Waals surface area contributed by atoms with E-state index in [-0.39, 0.29) is 29.5 Å². The van der Waals surface area contributed by atoms with Crippen molar-refractivity contribution >= 4 is 26.5 Å². The van der Waals surface area contributed by atoms with Gasteiger partial charge in [-0.05, 0) is 50.6 Å². The van der Waals surface area contributed by atoms with E-state index < -0.39 is 9.84 Å². The minimum Gasteiger partial charge on any atom is -0.493 e. The normalized spacial score (nSPS) is 18.9. The van der Waals surface area contributed by atoms with Gasteiger partial charge in [-0.3, -0.25) is 9.69 Å². The lowest BCUT2D eigenvalue weighted by Crippen LogP contribution is -2.50. The Kier molecular flexibility index (Phi) is 7.59. The van der Waals surface area contributed by atoms with Crippen molar-refractivity contribution in [3.05, 3.63) is 42.0 Å². The highest BCUT2D eigenvalue weighted by atomic mass is 32.2. The summed E-state index contributed by atoms with van der Waals surface area (Å²) in [5.41, 5.74) is 1.07. The van der Waals surface area contributed by atoms with E-state index >= 15 is 0 Å². The van der Waals surface area contributed by atoms with E-state index in [9.17, 15) is 13.2 Å². The van der Waals surface area contributed by atoms with Crippen LogP contribution in [0.25, 0.3) is 10.8 Å². The summed E-state index contributed by atoms with van der Waals surface area (Å²) in [5, 5.41) is 2.26. The molecule has 1 aliphatic rings. The van der Waals surface area contributed by atoms with E-state index in [1.165, 1.54) is 0 Å². The number of rotatable bonds is 9. The number of benzene rings is 2. The van der Waals surface area contributed by atoms with Gasteiger partial charge >= 0.3 is 0 Å². The lowest BCUT2D eigenvalue weighted by Gasteiger charge is -2.33. The molecule has 6 nitrogen and oxygen atoms in total. The first-order valence-corrected chi connectivity index (χ1v) is 12.9. The minimum absolute atomic E-state index is 0.0247. The lowest BCUT2D eigenvalue weighted by atomic mass is 10.0. The summed E-state index contributed by atoms with van der Waals surface area (Å²) in [7, 11) is -1.10. The van der Waals surface area contributed by atoms with Crippen molar-refractivity contribution < 1.29 is 17.9 Å². The summed E-state index contributed by atoms with van der Waals surface area (Å²) in [6, 6.07) is 11.7. The van der Waals surface area contributed by atoms with Crippen molar-refractivity contribution in [2.45, 2.75) is 52.2 Å². The molecule has 1 aliphatic heterocycles. The maximum Gasteiger partial charge on any atom is 0.239 e. The van der Waals surface area contributed by atoms with E-state index in [4.69, 9.17) is 4.74 Å². The van der Waals surface area contributed by atoms with E-state index in [2.05, 4.69) is 25.1 Å². The zero-order chi connectivity index (χ0) is 22.6. The molecule has 1 saturated heterocycles. The fourth-order valence-corrected chi connectivity index (χ4v) is 5.99. The molecule has 1 amide bonds. The maximum absolute atomic E-state index is 13.3. The molecule has 1 fully saturated rings. The molecule has 3 rings (SSSR count). The van der Waals surface area contributed by atoms with Gasteiger partial charge in [0.1, 0.15) is 5.75 Å². The summed E-state index contributed by atoms with van der Waals surface area (Å²) in [5.74, 6) is 1.06. The molecule has 31 heavy (non-hydrogen) atoms. The average molecular weight is 447 g/mol. The van der Waals surface area contributed by atoms with Gasteiger partial charge in [-0.2, -0.15) is 0 Å². The molecule has 0 spiro atoms. The summed E-state index contributed by atoms with van der Waals surface area (Å²) < 4.78 is 29.8. The molecule has 0 aliphatic carbocycles. The second kappa shape index (κ2) is 10.0. The van der Waals surface area contributed by atoms with Crippen molar-refractivity contribution in [2.75, 3.05) is 31.7 Å². The molecule has 0 radical (unpaired) electrons. The number of carbonyl (C=O) groups is 1. The second-order valence-corrected chi connectivity index (χ2v) is 10.6. The van der Waals surface area contributed by atoms with Crippen molar-refractivity contribution in [2.24, 2.45) is 0 Å². The molecule has 7 heteroatoms. The van der Waals surface area contributed by atoms with E-state index in [1.54, 1.807) is 4.90 Å². The van der Waals surface area contributed by atoms with Gasteiger partial charge in [0, 0.05) is 24.7 Å². The number of fused-ring (bicyclic) bond motifs is 1. The van der Waals surface area contributed by atoms with Crippen LogP contribution in [0.15, 0.2) is 36.4 Å². The monoisotopic (exact) mass is 446 g/mol. The Balaban J connectivity index is 1.82. The highest BCUT2D eigenvalue weighted by Crippen LogP contribution is 2.30. The summed E-state index contributed by atoms with van der Waals surface area (Å²) in [4.78, 5) is 17.0. The van der Waals surface area contributed by atoms with Gasteiger partial charge < -0.3 is 9.64 Å². The van der Waals surface area contributed by atoms with Crippen LogP contribution in [0.1, 0.15) is 39.2 Å².